The molecule has 0 saturated carbocycles. The largest absolute Gasteiger partial charge is 0.396 e. The van der Waals surface area contributed by atoms with Crippen molar-refractivity contribution in [3.05, 3.63) is 41.6 Å². The van der Waals surface area contributed by atoms with Gasteiger partial charge in [0.1, 0.15) is 5.82 Å². The predicted octanol–water partition coefficient (Wildman–Crippen LogP) is 2.72. The molecule has 1 aromatic carbocycles. The van der Waals surface area contributed by atoms with Crippen LogP contribution in [0.25, 0.3) is 5.69 Å². The summed E-state index contributed by atoms with van der Waals surface area (Å²) in [5.74, 6) is 0.610. The van der Waals surface area contributed by atoms with Crippen molar-refractivity contribution >= 4 is 5.82 Å². The Morgan fingerprint density at radius 1 is 1.20 bits per heavy atom. The number of nitrogens with two attached hydrogens (primary N) is 1. The van der Waals surface area contributed by atoms with Crippen molar-refractivity contribution in [1.29, 1.82) is 0 Å². The molecule has 0 saturated heterocycles. The van der Waals surface area contributed by atoms with Crippen LogP contribution in [0, 0.1) is 0 Å². The summed E-state index contributed by atoms with van der Waals surface area (Å²) >= 11 is 0. The van der Waals surface area contributed by atoms with Crippen molar-refractivity contribution in [3.63, 3.8) is 0 Å². The van der Waals surface area contributed by atoms with Gasteiger partial charge in [0.2, 0.25) is 0 Å². The SMILES string of the molecule is CCCCCc1cccc(-n2nc(CCO)cc2N)c1. The molecule has 4 nitrogen and oxygen atoms in total. The van der Waals surface area contributed by atoms with Gasteiger partial charge in [-0.05, 0) is 30.5 Å². The van der Waals surface area contributed by atoms with Gasteiger partial charge < -0.3 is 10.8 Å². The molecule has 2 rings (SSSR count). The van der Waals surface area contributed by atoms with E-state index in [9.17, 15) is 0 Å². The second-order valence-corrected chi connectivity index (χ2v) is 5.07. The molecule has 0 atom stereocenters. The third kappa shape index (κ3) is 3.61. The maximum atomic E-state index is 8.96. The first-order valence-corrected chi connectivity index (χ1v) is 7.29. The van der Waals surface area contributed by atoms with Crippen LogP contribution in [0.4, 0.5) is 5.82 Å². The lowest BCUT2D eigenvalue weighted by atomic mass is 10.1. The lowest BCUT2D eigenvalue weighted by Gasteiger charge is -2.07. The van der Waals surface area contributed by atoms with Gasteiger partial charge in [-0.1, -0.05) is 31.9 Å². The van der Waals surface area contributed by atoms with E-state index in [1.165, 1.54) is 24.8 Å². The molecule has 20 heavy (non-hydrogen) atoms. The summed E-state index contributed by atoms with van der Waals surface area (Å²) in [6.45, 7) is 2.30. The number of hydrogen-bond donors (Lipinski definition) is 2. The van der Waals surface area contributed by atoms with E-state index in [1.54, 1.807) is 4.68 Å². The van der Waals surface area contributed by atoms with Gasteiger partial charge in [0, 0.05) is 19.1 Å². The first-order chi connectivity index (χ1) is 9.74. The number of nitrogen functional groups attached to an aromatic ring is 1. The number of anilines is 1. The maximum absolute atomic E-state index is 8.96. The molecule has 0 bridgehead atoms. The van der Waals surface area contributed by atoms with Crippen molar-refractivity contribution in [1.82, 2.24) is 9.78 Å². The lowest BCUT2D eigenvalue weighted by molar-refractivity contribution is 0.298. The molecular weight excluding hydrogens is 250 g/mol. The topological polar surface area (TPSA) is 64.1 Å². The summed E-state index contributed by atoms with van der Waals surface area (Å²) < 4.78 is 1.74. The molecule has 0 amide bonds. The fraction of sp³-hybridized carbons (Fsp3) is 0.438. The Morgan fingerprint density at radius 2 is 2.05 bits per heavy atom. The molecule has 2 aromatic rings. The number of aryl methyl sites for hydroxylation is 1. The van der Waals surface area contributed by atoms with Crippen molar-refractivity contribution in [3.8, 4) is 5.69 Å². The minimum Gasteiger partial charge on any atom is -0.396 e. The van der Waals surface area contributed by atoms with E-state index in [4.69, 9.17) is 10.8 Å². The van der Waals surface area contributed by atoms with Gasteiger partial charge in [0.25, 0.3) is 0 Å². The third-order valence-corrected chi connectivity index (χ3v) is 3.38. The number of unbranched alkanes of at least 4 members (excludes halogenated alkanes) is 2. The van der Waals surface area contributed by atoms with Gasteiger partial charge in [-0.2, -0.15) is 5.10 Å². The van der Waals surface area contributed by atoms with Gasteiger partial charge in [-0.15, -0.1) is 0 Å². The van der Waals surface area contributed by atoms with E-state index in [0.29, 0.717) is 12.2 Å². The molecular formula is C16H23N3O. The fourth-order valence-electron chi connectivity index (χ4n) is 2.31. The van der Waals surface area contributed by atoms with Crippen LogP contribution in [0.1, 0.15) is 37.4 Å². The number of nitrogens with zero attached hydrogens (tertiary/aromatic N) is 2. The van der Waals surface area contributed by atoms with Crippen LogP contribution in [0.2, 0.25) is 0 Å². The molecule has 0 unspecified atom stereocenters. The van der Waals surface area contributed by atoms with E-state index in [1.807, 2.05) is 18.2 Å². The van der Waals surface area contributed by atoms with Gasteiger partial charge in [-0.3, -0.25) is 0 Å². The normalized spacial score (nSPS) is 10.9. The molecule has 0 fully saturated rings. The minimum absolute atomic E-state index is 0.0908. The van der Waals surface area contributed by atoms with Gasteiger partial charge in [-0.25, -0.2) is 4.68 Å². The Morgan fingerprint density at radius 3 is 2.80 bits per heavy atom. The van der Waals surface area contributed by atoms with Crippen molar-refractivity contribution in [2.75, 3.05) is 12.3 Å². The van der Waals surface area contributed by atoms with Crippen molar-refractivity contribution in [2.24, 2.45) is 0 Å². The number of aliphatic hydroxyl groups excluding tert-OH is 1. The number of hydrogen-bond acceptors (Lipinski definition) is 3. The van der Waals surface area contributed by atoms with Crippen molar-refractivity contribution < 1.29 is 5.11 Å². The van der Waals surface area contributed by atoms with Gasteiger partial charge in [0.05, 0.1) is 11.4 Å². The fourth-order valence-corrected chi connectivity index (χ4v) is 2.31. The summed E-state index contributed by atoms with van der Waals surface area (Å²) in [6, 6.07) is 10.2. The summed E-state index contributed by atoms with van der Waals surface area (Å²) in [4.78, 5) is 0. The zero-order valence-electron chi connectivity index (χ0n) is 12.0. The Kier molecular flexibility index (Phi) is 5.18. The monoisotopic (exact) mass is 273 g/mol. The molecule has 0 radical (unpaired) electrons. The molecule has 1 heterocycles. The molecule has 0 aliphatic carbocycles. The summed E-state index contributed by atoms with van der Waals surface area (Å²) in [5, 5.41) is 13.4. The first kappa shape index (κ1) is 14.6. The quantitative estimate of drug-likeness (QED) is 0.762. The standard InChI is InChI=1S/C16H23N3O/c1-2-3-4-6-13-7-5-8-15(11-13)19-16(17)12-14(18-19)9-10-20/h5,7-8,11-12,20H,2-4,6,9-10,17H2,1H3. The van der Waals surface area contributed by atoms with E-state index in [2.05, 4.69) is 24.2 Å². The smallest absolute Gasteiger partial charge is 0.127 e. The second kappa shape index (κ2) is 7.10. The van der Waals surface area contributed by atoms with E-state index in [-0.39, 0.29) is 6.61 Å². The van der Waals surface area contributed by atoms with Gasteiger partial charge >= 0.3 is 0 Å². The number of benzene rings is 1. The molecule has 108 valence electrons. The van der Waals surface area contributed by atoms with Crippen LogP contribution in [-0.2, 0) is 12.8 Å². The third-order valence-electron chi connectivity index (χ3n) is 3.38. The average molecular weight is 273 g/mol. The number of aromatic nitrogens is 2. The van der Waals surface area contributed by atoms with Crippen LogP contribution < -0.4 is 5.73 Å². The Balaban J connectivity index is 2.17. The van der Waals surface area contributed by atoms with Crippen LogP contribution in [0.3, 0.4) is 0 Å². The molecule has 0 aliphatic heterocycles. The molecule has 0 spiro atoms. The maximum Gasteiger partial charge on any atom is 0.127 e. The zero-order valence-corrected chi connectivity index (χ0v) is 12.0. The van der Waals surface area contributed by atoms with Crippen LogP contribution in [-0.4, -0.2) is 21.5 Å². The Labute approximate surface area is 120 Å². The molecule has 1 aromatic heterocycles. The van der Waals surface area contributed by atoms with Crippen LogP contribution >= 0.6 is 0 Å². The number of aliphatic hydroxyl groups is 1. The van der Waals surface area contributed by atoms with E-state index < -0.39 is 0 Å². The Hall–Kier alpha value is -1.81. The van der Waals surface area contributed by atoms with Crippen molar-refractivity contribution in [2.45, 2.75) is 39.0 Å². The van der Waals surface area contributed by atoms with Crippen LogP contribution in [0.15, 0.2) is 30.3 Å². The molecule has 3 N–H and O–H groups in total. The van der Waals surface area contributed by atoms with E-state index in [0.717, 1.165) is 17.8 Å². The number of rotatable bonds is 7. The minimum atomic E-state index is 0.0908. The first-order valence-electron chi connectivity index (χ1n) is 7.29. The molecule has 0 aliphatic rings. The highest BCUT2D eigenvalue weighted by atomic mass is 16.3. The Bertz CT molecular complexity index is 548. The molecule has 4 heteroatoms. The zero-order chi connectivity index (χ0) is 14.4. The second-order valence-electron chi connectivity index (χ2n) is 5.07. The van der Waals surface area contributed by atoms with E-state index >= 15 is 0 Å². The summed E-state index contributed by atoms with van der Waals surface area (Å²) in [7, 11) is 0. The highest BCUT2D eigenvalue weighted by Crippen LogP contribution is 2.17. The van der Waals surface area contributed by atoms with Crippen LogP contribution in [0.5, 0.6) is 0 Å². The highest BCUT2D eigenvalue weighted by molar-refractivity contribution is 5.44. The predicted molar refractivity (Wildman–Crippen MR) is 82.0 cm³/mol. The summed E-state index contributed by atoms with van der Waals surface area (Å²) in [5.41, 5.74) is 9.12. The average Bonchev–Trinajstić information content (AvgIpc) is 2.81. The summed E-state index contributed by atoms with van der Waals surface area (Å²) in [6.07, 6.45) is 5.33. The van der Waals surface area contributed by atoms with Gasteiger partial charge in [0.15, 0.2) is 0 Å². The highest BCUT2D eigenvalue weighted by Gasteiger charge is 2.07. The lowest BCUT2D eigenvalue weighted by Crippen LogP contribution is -2.03.